The van der Waals surface area contributed by atoms with E-state index in [9.17, 15) is 4.79 Å². The second-order valence-electron chi connectivity index (χ2n) is 5.97. The zero-order valence-corrected chi connectivity index (χ0v) is 11.0. The van der Waals surface area contributed by atoms with Gasteiger partial charge in [0.25, 0.3) is 0 Å². The molecular weight excluding hydrogens is 220 g/mol. The predicted molar refractivity (Wildman–Crippen MR) is 73.3 cm³/mol. The van der Waals surface area contributed by atoms with Crippen LogP contribution >= 0.6 is 0 Å². The van der Waals surface area contributed by atoms with E-state index < -0.39 is 0 Å². The molecule has 0 spiro atoms. The van der Waals surface area contributed by atoms with Crippen molar-refractivity contribution in [3.8, 4) is 0 Å². The molecule has 0 amide bonds. The first-order valence-electron chi connectivity index (χ1n) is 6.92. The van der Waals surface area contributed by atoms with Crippen LogP contribution in [0, 0.1) is 11.3 Å². The highest BCUT2D eigenvalue weighted by molar-refractivity contribution is 5.80. The zero-order chi connectivity index (χ0) is 12.6. The lowest BCUT2D eigenvalue weighted by Crippen LogP contribution is -2.36. The second-order valence-corrected chi connectivity index (χ2v) is 5.97. The first-order chi connectivity index (χ1) is 8.70. The molecule has 1 saturated carbocycles. The van der Waals surface area contributed by atoms with Crippen LogP contribution in [-0.2, 0) is 11.2 Å². The Labute approximate surface area is 109 Å². The van der Waals surface area contributed by atoms with Gasteiger partial charge in [-0.3, -0.25) is 4.79 Å². The van der Waals surface area contributed by atoms with Crippen LogP contribution in [0.4, 0.5) is 0 Å². The van der Waals surface area contributed by atoms with Crippen molar-refractivity contribution in [2.45, 2.75) is 39.0 Å². The molecule has 1 fully saturated rings. The second kappa shape index (κ2) is 4.38. The van der Waals surface area contributed by atoms with Crippen LogP contribution in [0.1, 0.15) is 38.2 Å². The Kier molecular flexibility index (Phi) is 2.85. The fraction of sp³-hybridized carbons (Fsp3) is 0.471. The number of ketones is 1. The lowest BCUT2D eigenvalue weighted by molar-refractivity contribution is -0.123. The number of rotatable bonds is 2. The van der Waals surface area contributed by atoms with Crippen molar-refractivity contribution >= 4 is 5.78 Å². The molecule has 2 aliphatic rings. The quantitative estimate of drug-likeness (QED) is 0.716. The summed E-state index contributed by atoms with van der Waals surface area (Å²) in [6.45, 7) is 2.20. The molecule has 0 N–H and O–H groups in total. The van der Waals surface area contributed by atoms with Gasteiger partial charge in [-0.1, -0.05) is 42.0 Å². The summed E-state index contributed by atoms with van der Waals surface area (Å²) < 4.78 is 0. The number of hydrogen-bond acceptors (Lipinski definition) is 1. The molecule has 1 aromatic carbocycles. The molecule has 0 unspecified atom stereocenters. The maximum atomic E-state index is 11.7. The molecule has 1 heteroatoms. The van der Waals surface area contributed by atoms with Gasteiger partial charge in [0.15, 0.2) is 0 Å². The summed E-state index contributed by atoms with van der Waals surface area (Å²) in [6.07, 6.45) is 7.27. The van der Waals surface area contributed by atoms with Gasteiger partial charge in [-0.25, -0.2) is 0 Å². The predicted octanol–water partition coefficient (Wildman–Crippen LogP) is 3.93. The van der Waals surface area contributed by atoms with E-state index in [0.717, 1.165) is 32.1 Å². The van der Waals surface area contributed by atoms with E-state index in [0.29, 0.717) is 17.1 Å². The summed E-state index contributed by atoms with van der Waals surface area (Å²) in [6, 6.07) is 10.7. The zero-order valence-electron chi connectivity index (χ0n) is 11.0. The molecule has 18 heavy (non-hydrogen) atoms. The average molecular weight is 240 g/mol. The third kappa shape index (κ3) is 1.92. The highest BCUT2D eigenvalue weighted by Crippen LogP contribution is 2.52. The van der Waals surface area contributed by atoms with Crippen LogP contribution in [0.25, 0.3) is 0 Å². The molecule has 0 aliphatic heterocycles. The molecule has 94 valence electrons. The molecule has 0 aromatic heterocycles. The van der Waals surface area contributed by atoms with Gasteiger partial charge in [0.2, 0.25) is 0 Å². The molecule has 3 rings (SSSR count). The summed E-state index contributed by atoms with van der Waals surface area (Å²) in [4.78, 5) is 11.7. The van der Waals surface area contributed by atoms with E-state index in [4.69, 9.17) is 0 Å². The Hall–Kier alpha value is -1.37. The fourth-order valence-corrected chi connectivity index (χ4v) is 3.79. The summed E-state index contributed by atoms with van der Waals surface area (Å²) in [7, 11) is 0. The third-order valence-electron chi connectivity index (χ3n) is 4.85. The van der Waals surface area contributed by atoms with Crippen LogP contribution in [-0.4, -0.2) is 5.78 Å². The van der Waals surface area contributed by atoms with E-state index in [2.05, 4.69) is 43.3 Å². The lowest BCUT2D eigenvalue weighted by Gasteiger charge is -2.40. The number of carbonyl (C=O) groups excluding carboxylic acids is 1. The van der Waals surface area contributed by atoms with Gasteiger partial charge in [-0.2, -0.15) is 0 Å². The summed E-state index contributed by atoms with van der Waals surface area (Å²) >= 11 is 0. The number of Topliss-reactive ketones (excluding diaryl/α,β-unsaturated/α-hetero) is 1. The maximum absolute atomic E-state index is 11.7. The summed E-state index contributed by atoms with van der Waals surface area (Å²) in [5.41, 5.74) is 3.19. The Morgan fingerprint density at radius 3 is 2.83 bits per heavy atom. The highest BCUT2D eigenvalue weighted by Gasteiger charge is 2.45. The van der Waals surface area contributed by atoms with E-state index in [1.807, 2.05) is 0 Å². The van der Waals surface area contributed by atoms with Crippen molar-refractivity contribution < 1.29 is 4.79 Å². The Morgan fingerprint density at radius 1 is 1.28 bits per heavy atom. The minimum absolute atomic E-state index is 0.333. The Bertz CT molecular complexity index is 486. The number of carbonyl (C=O) groups is 1. The molecule has 2 aliphatic carbocycles. The summed E-state index contributed by atoms with van der Waals surface area (Å²) in [5, 5.41) is 0. The van der Waals surface area contributed by atoms with Crippen LogP contribution < -0.4 is 0 Å². The van der Waals surface area contributed by atoms with Crippen LogP contribution in [0.15, 0.2) is 42.0 Å². The minimum atomic E-state index is 0.333. The maximum Gasteiger partial charge on any atom is 0.133 e. The smallest absolute Gasteiger partial charge is 0.133 e. The molecular formula is C17H20O. The van der Waals surface area contributed by atoms with Crippen LogP contribution in [0.2, 0.25) is 0 Å². The van der Waals surface area contributed by atoms with E-state index in [1.54, 1.807) is 0 Å². The van der Waals surface area contributed by atoms with Crippen molar-refractivity contribution in [3.63, 3.8) is 0 Å². The molecule has 0 bridgehead atoms. The van der Waals surface area contributed by atoms with Gasteiger partial charge in [-0.15, -0.1) is 0 Å². The number of allylic oxidation sites excluding steroid dienone is 2. The van der Waals surface area contributed by atoms with Crippen LogP contribution in [0.3, 0.4) is 0 Å². The van der Waals surface area contributed by atoms with E-state index >= 15 is 0 Å². The van der Waals surface area contributed by atoms with Gasteiger partial charge in [-0.05, 0) is 43.1 Å². The molecule has 2 atom stereocenters. The number of hydrogen-bond donors (Lipinski definition) is 0. The minimum Gasteiger partial charge on any atom is -0.300 e. The molecule has 0 saturated heterocycles. The fourth-order valence-electron chi connectivity index (χ4n) is 3.79. The normalized spacial score (nSPS) is 31.1. The SMILES string of the molecule is CC1=CC[C@]2(Cc3ccccc3)CCC(=O)C[C@H]12. The molecule has 0 heterocycles. The number of benzene rings is 1. The largest absolute Gasteiger partial charge is 0.300 e. The van der Waals surface area contributed by atoms with E-state index in [1.165, 1.54) is 11.1 Å². The van der Waals surface area contributed by atoms with Crippen molar-refractivity contribution in [1.82, 2.24) is 0 Å². The topological polar surface area (TPSA) is 17.1 Å². The summed E-state index contributed by atoms with van der Waals surface area (Å²) in [5.74, 6) is 0.956. The molecule has 1 nitrogen and oxygen atoms in total. The Balaban J connectivity index is 1.87. The third-order valence-corrected chi connectivity index (χ3v) is 4.85. The van der Waals surface area contributed by atoms with E-state index in [-0.39, 0.29) is 0 Å². The van der Waals surface area contributed by atoms with Crippen molar-refractivity contribution in [1.29, 1.82) is 0 Å². The highest BCUT2D eigenvalue weighted by atomic mass is 16.1. The first kappa shape index (κ1) is 11.7. The van der Waals surface area contributed by atoms with Crippen molar-refractivity contribution in [2.24, 2.45) is 11.3 Å². The lowest BCUT2D eigenvalue weighted by atomic mass is 9.63. The number of fused-ring (bicyclic) bond motifs is 1. The van der Waals surface area contributed by atoms with Crippen LogP contribution in [0.5, 0.6) is 0 Å². The van der Waals surface area contributed by atoms with Gasteiger partial charge in [0.1, 0.15) is 5.78 Å². The van der Waals surface area contributed by atoms with Gasteiger partial charge >= 0.3 is 0 Å². The monoisotopic (exact) mass is 240 g/mol. The van der Waals surface area contributed by atoms with Gasteiger partial charge < -0.3 is 0 Å². The van der Waals surface area contributed by atoms with Crippen molar-refractivity contribution in [2.75, 3.05) is 0 Å². The Morgan fingerprint density at radius 2 is 2.06 bits per heavy atom. The molecule has 1 aromatic rings. The van der Waals surface area contributed by atoms with Gasteiger partial charge in [0.05, 0.1) is 0 Å². The first-order valence-corrected chi connectivity index (χ1v) is 6.92. The van der Waals surface area contributed by atoms with Crippen molar-refractivity contribution in [3.05, 3.63) is 47.5 Å². The standard InChI is InChI=1S/C17H20O/c1-13-7-9-17(10-8-15(18)11-16(13)17)12-14-5-3-2-4-6-14/h2-7,16H,8-12H2,1H3/t16-,17-/m1/s1. The average Bonchev–Trinajstić information content (AvgIpc) is 2.69. The molecule has 0 radical (unpaired) electrons. The van der Waals surface area contributed by atoms with Gasteiger partial charge in [0, 0.05) is 12.8 Å².